The Kier molecular flexibility index (Phi) is 4.32. The van der Waals surface area contributed by atoms with E-state index in [1.54, 1.807) is 12.1 Å². The number of benzene rings is 1. The Balaban J connectivity index is 3.09. The van der Waals surface area contributed by atoms with E-state index in [1.807, 2.05) is 6.07 Å². The first-order chi connectivity index (χ1) is 7.20. The van der Waals surface area contributed by atoms with Crippen molar-refractivity contribution >= 4 is 21.9 Å². The third kappa shape index (κ3) is 2.80. The molecule has 0 aliphatic carbocycles. The standard InChI is InChI=1S/C11H10BrNO2/c1-15-11(14)9-4-2-6-10(12)8(9)5-3-7-13/h2,4,6H,3,5H2,1H3. The lowest BCUT2D eigenvalue weighted by atomic mass is 10.0. The fraction of sp³-hybridized carbons (Fsp3) is 0.273. The molecule has 1 aromatic rings. The van der Waals surface area contributed by atoms with Crippen LogP contribution < -0.4 is 0 Å². The summed E-state index contributed by atoms with van der Waals surface area (Å²) >= 11 is 3.36. The SMILES string of the molecule is COC(=O)c1cccc(Br)c1CCC#N. The third-order valence-corrected chi connectivity index (χ3v) is 2.75. The Bertz CT molecular complexity index is 410. The average molecular weight is 268 g/mol. The second kappa shape index (κ2) is 5.52. The smallest absolute Gasteiger partial charge is 0.338 e. The van der Waals surface area contributed by atoms with Gasteiger partial charge in [-0.05, 0) is 24.1 Å². The van der Waals surface area contributed by atoms with Crippen LogP contribution in [0.15, 0.2) is 22.7 Å². The Labute approximate surface area is 96.8 Å². The summed E-state index contributed by atoms with van der Waals surface area (Å²) in [7, 11) is 1.34. The molecule has 0 bridgehead atoms. The summed E-state index contributed by atoms with van der Waals surface area (Å²) in [5.74, 6) is -0.371. The van der Waals surface area contributed by atoms with Crippen molar-refractivity contribution in [3.63, 3.8) is 0 Å². The molecule has 3 nitrogen and oxygen atoms in total. The van der Waals surface area contributed by atoms with Gasteiger partial charge < -0.3 is 4.74 Å². The molecule has 0 atom stereocenters. The van der Waals surface area contributed by atoms with Gasteiger partial charge in [0.25, 0.3) is 0 Å². The van der Waals surface area contributed by atoms with Crippen LogP contribution in [-0.2, 0) is 11.2 Å². The topological polar surface area (TPSA) is 50.1 Å². The highest BCUT2D eigenvalue weighted by Gasteiger charge is 2.13. The van der Waals surface area contributed by atoms with Gasteiger partial charge in [0.05, 0.1) is 18.7 Å². The van der Waals surface area contributed by atoms with Crippen molar-refractivity contribution in [1.29, 1.82) is 5.26 Å². The molecule has 0 aromatic heterocycles. The van der Waals surface area contributed by atoms with E-state index < -0.39 is 0 Å². The maximum absolute atomic E-state index is 11.4. The normalized spacial score (nSPS) is 9.40. The second-order valence-electron chi connectivity index (χ2n) is 2.92. The van der Waals surface area contributed by atoms with E-state index >= 15 is 0 Å². The summed E-state index contributed by atoms with van der Waals surface area (Å²) in [5, 5.41) is 8.52. The zero-order valence-electron chi connectivity index (χ0n) is 8.29. The summed E-state index contributed by atoms with van der Waals surface area (Å²) in [5.41, 5.74) is 1.34. The van der Waals surface area contributed by atoms with Crippen LogP contribution in [0.25, 0.3) is 0 Å². The second-order valence-corrected chi connectivity index (χ2v) is 3.77. The van der Waals surface area contributed by atoms with Gasteiger partial charge in [-0.1, -0.05) is 22.0 Å². The summed E-state index contributed by atoms with van der Waals surface area (Å²) in [6.07, 6.45) is 0.926. The maximum Gasteiger partial charge on any atom is 0.338 e. The summed E-state index contributed by atoms with van der Waals surface area (Å²) in [6, 6.07) is 7.37. The van der Waals surface area contributed by atoms with E-state index in [0.29, 0.717) is 18.4 Å². The Morgan fingerprint density at radius 2 is 2.33 bits per heavy atom. The number of carbonyl (C=O) groups is 1. The first-order valence-electron chi connectivity index (χ1n) is 4.43. The molecule has 0 amide bonds. The van der Waals surface area contributed by atoms with Gasteiger partial charge in [0, 0.05) is 10.9 Å². The first-order valence-corrected chi connectivity index (χ1v) is 5.22. The number of rotatable bonds is 3. The van der Waals surface area contributed by atoms with E-state index in [9.17, 15) is 4.79 Å². The molecule has 0 fully saturated rings. The highest BCUT2D eigenvalue weighted by molar-refractivity contribution is 9.10. The summed E-state index contributed by atoms with van der Waals surface area (Å²) in [4.78, 5) is 11.4. The fourth-order valence-corrected chi connectivity index (χ4v) is 1.86. The van der Waals surface area contributed by atoms with Crippen LogP contribution in [0.4, 0.5) is 0 Å². The summed E-state index contributed by atoms with van der Waals surface area (Å²) in [6.45, 7) is 0. The number of ether oxygens (including phenoxy) is 1. The van der Waals surface area contributed by atoms with E-state index in [1.165, 1.54) is 7.11 Å². The molecule has 1 rings (SSSR count). The lowest BCUT2D eigenvalue weighted by molar-refractivity contribution is 0.0599. The Morgan fingerprint density at radius 3 is 2.93 bits per heavy atom. The van der Waals surface area contributed by atoms with Gasteiger partial charge in [-0.15, -0.1) is 0 Å². The van der Waals surface area contributed by atoms with Gasteiger partial charge in [-0.25, -0.2) is 4.79 Å². The number of nitriles is 1. The van der Waals surface area contributed by atoms with E-state index in [2.05, 4.69) is 26.7 Å². The molecule has 0 N–H and O–H groups in total. The molecular formula is C11H10BrNO2. The summed E-state index contributed by atoms with van der Waals surface area (Å²) < 4.78 is 5.50. The molecule has 78 valence electrons. The van der Waals surface area contributed by atoms with Crippen molar-refractivity contribution < 1.29 is 9.53 Å². The van der Waals surface area contributed by atoms with Crippen molar-refractivity contribution in [2.24, 2.45) is 0 Å². The molecule has 0 heterocycles. The van der Waals surface area contributed by atoms with Crippen molar-refractivity contribution in [2.75, 3.05) is 7.11 Å². The first kappa shape index (κ1) is 11.7. The highest BCUT2D eigenvalue weighted by Crippen LogP contribution is 2.22. The molecule has 0 unspecified atom stereocenters. The quantitative estimate of drug-likeness (QED) is 0.792. The predicted molar refractivity (Wildman–Crippen MR) is 59.4 cm³/mol. The molecule has 4 heteroatoms. The Hall–Kier alpha value is -1.34. The fourth-order valence-electron chi connectivity index (χ4n) is 1.29. The van der Waals surface area contributed by atoms with Gasteiger partial charge in [-0.2, -0.15) is 5.26 Å². The minimum atomic E-state index is -0.371. The molecule has 0 radical (unpaired) electrons. The molecule has 0 aliphatic heterocycles. The highest BCUT2D eigenvalue weighted by atomic mass is 79.9. The van der Waals surface area contributed by atoms with E-state index in [4.69, 9.17) is 5.26 Å². The number of nitrogens with zero attached hydrogens (tertiary/aromatic N) is 1. The Morgan fingerprint density at radius 1 is 1.60 bits per heavy atom. The van der Waals surface area contributed by atoms with Crippen LogP contribution in [0, 0.1) is 11.3 Å². The maximum atomic E-state index is 11.4. The van der Waals surface area contributed by atoms with Crippen LogP contribution in [0.1, 0.15) is 22.3 Å². The number of halogens is 1. The molecular weight excluding hydrogens is 258 g/mol. The molecule has 0 saturated carbocycles. The van der Waals surface area contributed by atoms with Gasteiger partial charge in [0.2, 0.25) is 0 Å². The number of methoxy groups -OCH3 is 1. The average Bonchev–Trinajstić information content (AvgIpc) is 2.26. The van der Waals surface area contributed by atoms with Gasteiger partial charge >= 0.3 is 5.97 Å². The lowest BCUT2D eigenvalue weighted by Crippen LogP contribution is -2.06. The molecule has 0 spiro atoms. The lowest BCUT2D eigenvalue weighted by Gasteiger charge is -2.08. The van der Waals surface area contributed by atoms with Crippen LogP contribution >= 0.6 is 15.9 Å². The van der Waals surface area contributed by atoms with Gasteiger partial charge in [0.1, 0.15) is 0 Å². The van der Waals surface area contributed by atoms with Crippen molar-refractivity contribution in [1.82, 2.24) is 0 Å². The van der Waals surface area contributed by atoms with E-state index in [-0.39, 0.29) is 5.97 Å². The third-order valence-electron chi connectivity index (χ3n) is 2.01. The monoisotopic (exact) mass is 267 g/mol. The molecule has 15 heavy (non-hydrogen) atoms. The van der Waals surface area contributed by atoms with Crippen LogP contribution in [0.2, 0.25) is 0 Å². The minimum absolute atomic E-state index is 0.371. The number of hydrogen-bond donors (Lipinski definition) is 0. The van der Waals surface area contributed by atoms with Gasteiger partial charge in [0.15, 0.2) is 0 Å². The van der Waals surface area contributed by atoms with Crippen LogP contribution in [0.5, 0.6) is 0 Å². The van der Waals surface area contributed by atoms with Crippen molar-refractivity contribution in [3.8, 4) is 6.07 Å². The van der Waals surface area contributed by atoms with Crippen LogP contribution in [-0.4, -0.2) is 13.1 Å². The largest absolute Gasteiger partial charge is 0.465 e. The zero-order valence-corrected chi connectivity index (χ0v) is 9.87. The molecule has 1 aromatic carbocycles. The van der Waals surface area contributed by atoms with Gasteiger partial charge in [-0.3, -0.25) is 0 Å². The zero-order chi connectivity index (χ0) is 11.3. The molecule has 0 saturated heterocycles. The van der Waals surface area contributed by atoms with Crippen LogP contribution in [0.3, 0.4) is 0 Å². The van der Waals surface area contributed by atoms with Crippen molar-refractivity contribution in [2.45, 2.75) is 12.8 Å². The van der Waals surface area contributed by atoms with Crippen molar-refractivity contribution in [3.05, 3.63) is 33.8 Å². The number of hydrogen-bond acceptors (Lipinski definition) is 3. The number of esters is 1. The molecule has 0 aliphatic rings. The number of carbonyl (C=O) groups excluding carboxylic acids is 1. The minimum Gasteiger partial charge on any atom is -0.465 e. The van der Waals surface area contributed by atoms with E-state index in [0.717, 1.165) is 10.0 Å². The predicted octanol–water partition coefficient (Wildman–Crippen LogP) is 2.69.